The van der Waals surface area contributed by atoms with Gasteiger partial charge in [0.05, 0.1) is 18.7 Å². The quantitative estimate of drug-likeness (QED) is 0.735. The Morgan fingerprint density at radius 1 is 1.16 bits per heavy atom. The lowest BCUT2D eigenvalue weighted by atomic mass is 10.2. The van der Waals surface area contributed by atoms with Crippen molar-refractivity contribution in [3.63, 3.8) is 0 Å². The monoisotopic (exact) mass is 333 g/mol. The number of aromatic nitrogens is 4. The van der Waals surface area contributed by atoms with E-state index in [9.17, 15) is 4.79 Å². The molecule has 0 bridgehead atoms. The molecule has 0 N–H and O–H groups in total. The predicted octanol–water partition coefficient (Wildman–Crippen LogP) is 2.36. The number of likely N-dealkylation sites (tertiary alicyclic amines) is 1. The van der Waals surface area contributed by atoms with Gasteiger partial charge in [0.2, 0.25) is 5.91 Å². The van der Waals surface area contributed by atoms with Crippen molar-refractivity contribution < 1.29 is 4.79 Å². The lowest BCUT2D eigenvalue weighted by Gasteiger charge is -2.16. The predicted molar refractivity (Wildman–Crippen MR) is 93.6 cm³/mol. The summed E-state index contributed by atoms with van der Waals surface area (Å²) in [4.78, 5) is 18.4. The third-order valence-electron chi connectivity index (χ3n) is 4.55. The summed E-state index contributed by atoms with van der Waals surface area (Å²) in [5.74, 6) is 0.138. The third kappa shape index (κ3) is 3.42. The van der Waals surface area contributed by atoms with E-state index >= 15 is 0 Å². The summed E-state index contributed by atoms with van der Waals surface area (Å²) in [6.07, 6.45) is 6.72. The highest BCUT2D eigenvalue weighted by atomic mass is 16.2. The SMILES string of the molecule is O=C(Cc1cccnc1)N1CC[C@@H](n2cc(-c3ccccc3)nn2)C1. The Hall–Kier alpha value is -3.02. The van der Waals surface area contributed by atoms with Crippen LogP contribution >= 0.6 is 0 Å². The molecule has 0 saturated carbocycles. The highest BCUT2D eigenvalue weighted by Crippen LogP contribution is 2.24. The van der Waals surface area contributed by atoms with Crippen LogP contribution in [0.15, 0.2) is 61.1 Å². The summed E-state index contributed by atoms with van der Waals surface area (Å²) in [6.45, 7) is 1.43. The Morgan fingerprint density at radius 2 is 2.04 bits per heavy atom. The van der Waals surface area contributed by atoms with Gasteiger partial charge in [-0.3, -0.25) is 9.78 Å². The summed E-state index contributed by atoms with van der Waals surface area (Å²) in [7, 11) is 0. The van der Waals surface area contributed by atoms with E-state index in [4.69, 9.17) is 0 Å². The van der Waals surface area contributed by atoms with Gasteiger partial charge < -0.3 is 4.90 Å². The van der Waals surface area contributed by atoms with Gasteiger partial charge in [0.15, 0.2) is 0 Å². The number of amides is 1. The third-order valence-corrected chi connectivity index (χ3v) is 4.55. The van der Waals surface area contributed by atoms with Crippen LogP contribution in [-0.2, 0) is 11.2 Å². The molecule has 126 valence electrons. The zero-order chi connectivity index (χ0) is 17.1. The Morgan fingerprint density at radius 3 is 2.84 bits per heavy atom. The zero-order valence-electron chi connectivity index (χ0n) is 13.8. The lowest BCUT2D eigenvalue weighted by Crippen LogP contribution is -2.30. The van der Waals surface area contributed by atoms with Crippen molar-refractivity contribution in [1.29, 1.82) is 0 Å². The molecule has 1 aliphatic rings. The molecular weight excluding hydrogens is 314 g/mol. The molecule has 1 atom stereocenters. The van der Waals surface area contributed by atoms with Gasteiger partial charge >= 0.3 is 0 Å². The molecule has 1 aromatic carbocycles. The van der Waals surface area contributed by atoms with Gasteiger partial charge in [0, 0.05) is 31.0 Å². The van der Waals surface area contributed by atoms with E-state index in [0.29, 0.717) is 13.0 Å². The number of benzene rings is 1. The molecule has 1 saturated heterocycles. The second-order valence-electron chi connectivity index (χ2n) is 6.27. The molecular formula is C19H19N5O. The van der Waals surface area contributed by atoms with Crippen LogP contribution in [0, 0.1) is 0 Å². The fraction of sp³-hybridized carbons (Fsp3) is 0.263. The number of carbonyl (C=O) groups excluding carboxylic acids is 1. The number of carbonyl (C=O) groups is 1. The molecule has 0 radical (unpaired) electrons. The molecule has 1 amide bonds. The molecule has 25 heavy (non-hydrogen) atoms. The van der Waals surface area contributed by atoms with E-state index in [0.717, 1.165) is 29.8 Å². The first-order valence-corrected chi connectivity index (χ1v) is 8.43. The molecule has 2 aromatic heterocycles. The van der Waals surface area contributed by atoms with Crippen molar-refractivity contribution in [2.24, 2.45) is 0 Å². The molecule has 3 heterocycles. The van der Waals surface area contributed by atoms with E-state index in [2.05, 4.69) is 15.3 Å². The first-order valence-electron chi connectivity index (χ1n) is 8.43. The standard InChI is InChI=1S/C19H19N5O/c25-19(11-15-5-4-9-20-12-15)23-10-8-17(13-23)24-14-18(21-22-24)16-6-2-1-3-7-16/h1-7,9,12,14,17H,8,10-11,13H2/t17-/m1/s1. The maximum atomic E-state index is 12.5. The van der Waals surface area contributed by atoms with Crippen LogP contribution in [-0.4, -0.2) is 43.9 Å². The molecule has 0 aliphatic carbocycles. The zero-order valence-corrected chi connectivity index (χ0v) is 13.8. The number of nitrogens with zero attached hydrogens (tertiary/aromatic N) is 5. The summed E-state index contributed by atoms with van der Waals surface area (Å²) < 4.78 is 1.89. The first kappa shape index (κ1) is 15.5. The van der Waals surface area contributed by atoms with Crippen molar-refractivity contribution in [2.75, 3.05) is 13.1 Å². The Labute approximate surface area is 146 Å². The summed E-state index contributed by atoms with van der Waals surface area (Å²) in [5, 5.41) is 8.54. The highest BCUT2D eigenvalue weighted by Gasteiger charge is 2.28. The van der Waals surface area contributed by atoms with Crippen LogP contribution in [0.2, 0.25) is 0 Å². The molecule has 6 heteroatoms. The number of pyridine rings is 1. The van der Waals surface area contributed by atoms with Crippen LogP contribution in [0.4, 0.5) is 0 Å². The van der Waals surface area contributed by atoms with Gasteiger partial charge in [-0.2, -0.15) is 0 Å². The van der Waals surface area contributed by atoms with E-state index < -0.39 is 0 Å². The largest absolute Gasteiger partial charge is 0.340 e. The minimum atomic E-state index is 0.138. The topological polar surface area (TPSA) is 63.9 Å². The number of hydrogen-bond acceptors (Lipinski definition) is 4. The van der Waals surface area contributed by atoms with Gasteiger partial charge in [-0.1, -0.05) is 41.6 Å². The molecule has 3 aromatic rings. The Bertz CT molecular complexity index is 847. The minimum absolute atomic E-state index is 0.138. The second kappa shape index (κ2) is 6.84. The Balaban J connectivity index is 1.41. The molecule has 4 rings (SSSR count). The van der Waals surface area contributed by atoms with Gasteiger partial charge in [-0.15, -0.1) is 5.10 Å². The molecule has 1 fully saturated rings. The van der Waals surface area contributed by atoms with Crippen LogP contribution < -0.4 is 0 Å². The van der Waals surface area contributed by atoms with E-state index in [1.54, 1.807) is 12.4 Å². The average Bonchev–Trinajstić information content (AvgIpc) is 3.33. The summed E-state index contributed by atoms with van der Waals surface area (Å²) in [5.41, 5.74) is 2.86. The molecule has 1 aliphatic heterocycles. The maximum absolute atomic E-state index is 12.5. The smallest absolute Gasteiger partial charge is 0.227 e. The van der Waals surface area contributed by atoms with E-state index in [1.807, 2.05) is 58.2 Å². The minimum Gasteiger partial charge on any atom is -0.340 e. The van der Waals surface area contributed by atoms with Crippen LogP contribution in [0.5, 0.6) is 0 Å². The normalized spacial score (nSPS) is 17.0. The highest BCUT2D eigenvalue weighted by molar-refractivity contribution is 5.79. The summed E-state index contributed by atoms with van der Waals surface area (Å²) >= 11 is 0. The molecule has 6 nitrogen and oxygen atoms in total. The number of hydrogen-bond donors (Lipinski definition) is 0. The van der Waals surface area contributed by atoms with Crippen molar-refractivity contribution in [3.8, 4) is 11.3 Å². The molecule has 0 spiro atoms. The van der Waals surface area contributed by atoms with Crippen LogP contribution in [0.1, 0.15) is 18.0 Å². The van der Waals surface area contributed by atoms with Crippen molar-refractivity contribution in [1.82, 2.24) is 24.9 Å². The van der Waals surface area contributed by atoms with Gasteiger partial charge in [-0.05, 0) is 18.1 Å². The molecule has 0 unspecified atom stereocenters. The van der Waals surface area contributed by atoms with Gasteiger partial charge in [-0.25, -0.2) is 4.68 Å². The van der Waals surface area contributed by atoms with Gasteiger partial charge in [0.1, 0.15) is 5.69 Å². The summed E-state index contributed by atoms with van der Waals surface area (Å²) in [6, 6.07) is 14.0. The van der Waals surface area contributed by atoms with Gasteiger partial charge in [0.25, 0.3) is 0 Å². The fourth-order valence-corrected chi connectivity index (χ4v) is 3.17. The first-order chi connectivity index (χ1) is 12.3. The van der Waals surface area contributed by atoms with Crippen LogP contribution in [0.3, 0.4) is 0 Å². The number of rotatable bonds is 4. The fourth-order valence-electron chi connectivity index (χ4n) is 3.17. The average molecular weight is 333 g/mol. The lowest BCUT2D eigenvalue weighted by molar-refractivity contribution is -0.129. The Kier molecular flexibility index (Phi) is 4.24. The van der Waals surface area contributed by atoms with Crippen molar-refractivity contribution >= 4 is 5.91 Å². The van der Waals surface area contributed by atoms with Crippen LogP contribution in [0.25, 0.3) is 11.3 Å². The van der Waals surface area contributed by atoms with Crippen molar-refractivity contribution in [3.05, 3.63) is 66.6 Å². The van der Waals surface area contributed by atoms with E-state index in [-0.39, 0.29) is 11.9 Å². The maximum Gasteiger partial charge on any atom is 0.227 e. The second-order valence-corrected chi connectivity index (χ2v) is 6.27. The van der Waals surface area contributed by atoms with E-state index in [1.165, 1.54) is 0 Å². The van der Waals surface area contributed by atoms with Crippen molar-refractivity contribution in [2.45, 2.75) is 18.9 Å².